The van der Waals surface area contributed by atoms with Crippen LogP contribution in [-0.4, -0.2) is 34.7 Å². The van der Waals surface area contributed by atoms with Crippen LogP contribution in [0.5, 0.6) is 0 Å². The Morgan fingerprint density at radius 3 is 2.33 bits per heavy atom. The highest BCUT2D eigenvalue weighted by Crippen LogP contribution is 2.00. The first-order valence-corrected chi connectivity index (χ1v) is 7.42. The van der Waals surface area contributed by atoms with Gasteiger partial charge in [-0.3, -0.25) is 0 Å². The van der Waals surface area contributed by atoms with E-state index in [0.717, 1.165) is 6.08 Å². The predicted octanol–water partition coefficient (Wildman–Crippen LogP) is 0.606. The normalized spacial score (nSPS) is 11.1. The van der Waals surface area contributed by atoms with E-state index >= 15 is 0 Å². The second-order valence-corrected chi connectivity index (χ2v) is 5.25. The molecule has 0 rings (SSSR count). The largest absolute Gasteiger partial charge is 0.519 e. The molecule has 0 aliphatic rings. The molecule has 0 aliphatic heterocycles. The summed E-state index contributed by atoms with van der Waals surface area (Å²) in [6.45, 7) is 5.60. The third kappa shape index (κ3) is 5.90. The van der Waals surface area contributed by atoms with E-state index in [-0.39, 0.29) is 12.4 Å². The second-order valence-electron chi connectivity index (χ2n) is 2.92. The Labute approximate surface area is 90.7 Å². The number of carbonyl (C=O) groups excluding carboxylic acids is 2. The van der Waals surface area contributed by atoms with Gasteiger partial charge in [0, 0.05) is 0 Å². The average molecular weight is 232 g/mol. The number of carbonyl (C=O) groups is 2. The van der Waals surface area contributed by atoms with Crippen molar-refractivity contribution in [1.82, 2.24) is 0 Å². The maximum Gasteiger partial charge on any atom is 0.373 e. The van der Waals surface area contributed by atoms with Crippen molar-refractivity contribution in [3.63, 3.8) is 0 Å². The van der Waals surface area contributed by atoms with E-state index in [1.807, 2.05) is 13.1 Å². The van der Waals surface area contributed by atoms with Gasteiger partial charge in [-0.2, -0.15) is 0 Å². The molecule has 0 saturated carbocycles. The van der Waals surface area contributed by atoms with Crippen molar-refractivity contribution >= 4 is 21.0 Å². The van der Waals surface area contributed by atoms with E-state index < -0.39 is 21.0 Å². The van der Waals surface area contributed by atoms with Crippen LogP contribution >= 0.6 is 0 Å². The molecule has 0 amide bonds. The third-order valence-corrected chi connectivity index (χ3v) is 2.00. The van der Waals surface area contributed by atoms with E-state index in [1.54, 1.807) is 6.92 Å². The molecule has 0 bridgehead atoms. The van der Waals surface area contributed by atoms with Crippen LogP contribution in [0.4, 0.5) is 0 Å². The first-order chi connectivity index (χ1) is 7.01. The molecule has 0 radical (unpaired) electrons. The topological polar surface area (TPSA) is 61.8 Å². The third-order valence-electron chi connectivity index (χ3n) is 1.30. The molecule has 0 aromatic heterocycles. The average Bonchev–Trinajstić information content (AvgIpc) is 2.13. The molecule has 0 aliphatic carbocycles. The van der Waals surface area contributed by atoms with Crippen LogP contribution in [0, 0.1) is 0 Å². The van der Waals surface area contributed by atoms with Crippen LogP contribution in [-0.2, 0) is 23.5 Å². The minimum atomic E-state index is -1.45. The molecule has 0 heterocycles. The highest BCUT2D eigenvalue weighted by Gasteiger charge is 2.14. The summed E-state index contributed by atoms with van der Waals surface area (Å²) in [6.07, 6.45) is 1.00. The molecule has 0 fully saturated rings. The van der Waals surface area contributed by atoms with Crippen molar-refractivity contribution in [3.05, 3.63) is 11.8 Å². The number of ether oxygens (including phenoxy) is 2. The van der Waals surface area contributed by atoms with Gasteiger partial charge in [0.25, 0.3) is 0 Å². The Kier molecular flexibility index (Phi) is 6.44. The fourth-order valence-corrected chi connectivity index (χ4v) is 1.31. The monoisotopic (exact) mass is 232 g/mol. The zero-order valence-corrected chi connectivity index (χ0v) is 10.6. The van der Waals surface area contributed by atoms with Crippen molar-refractivity contribution in [2.75, 3.05) is 13.7 Å². The van der Waals surface area contributed by atoms with Crippen LogP contribution in [0.25, 0.3) is 0 Å². The summed E-state index contributed by atoms with van der Waals surface area (Å²) in [5.74, 6) is -1.37. The van der Waals surface area contributed by atoms with Crippen molar-refractivity contribution in [2.24, 2.45) is 0 Å². The van der Waals surface area contributed by atoms with E-state index in [9.17, 15) is 9.59 Å². The molecule has 0 aromatic carbocycles. The number of methoxy groups -OCH3 is 1. The van der Waals surface area contributed by atoms with E-state index in [0.29, 0.717) is 0 Å². The summed E-state index contributed by atoms with van der Waals surface area (Å²) >= 11 is 0. The summed E-state index contributed by atoms with van der Waals surface area (Å²) < 4.78 is 14.3. The highest BCUT2D eigenvalue weighted by molar-refractivity contribution is 6.50. The lowest BCUT2D eigenvalue weighted by atomic mass is 10.4. The van der Waals surface area contributed by atoms with Crippen molar-refractivity contribution < 1.29 is 23.5 Å². The van der Waals surface area contributed by atoms with Gasteiger partial charge in [0.15, 0.2) is 0 Å². The predicted molar refractivity (Wildman–Crippen MR) is 56.7 cm³/mol. The van der Waals surface area contributed by atoms with Gasteiger partial charge in [0.2, 0.25) is 14.8 Å². The van der Waals surface area contributed by atoms with Crippen LogP contribution < -0.4 is 0 Å². The Balaban J connectivity index is 4.44. The maximum atomic E-state index is 11.2. The van der Waals surface area contributed by atoms with Gasteiger partial charge in [-0.1, -0.05) is 0 Å². The molecule has 5 nitrogen and oxygen atoms in total. The van der Waals surface area contributed by atoms with Gasteiger partial charge in [-0.25, -0.2) is 9.59 Å². The van der Waals surface area contributed by atoms with Crippen LogP contribution in [0.2, 0.25) is 13.1 Å². The Morgan fingerprint density at radius 1 is 1.33 bits per heavy atom. The van der Waals surface area contributed by atoms with Gasteiger partial charge >= 0.3 is 11.9 Å². The molecule has 0 aromatic rings. The fourth-order valence-electron chi connectivity index (χ4n) is 0.777. The molecule has 6 heteroatoms. The molecule has 15 heavy (non-hydrogen) atoms. The standard InChI is InChI=1S/C9H16O5Si/c1-5-13-9(11)7(12-2)6-8(10)14-15(3)4/h6,15H,5H2,1-4H3/b7-6-. The fraction of sp³-hybridized carbons (Fsp3) is 0.556. The molecule has 86 valence electrons. The Hall–Kier alpha value is -1.30. The van der Waals surface area contributed by atoms with Crippen LogP contribution in [0.1, 0.15) is 6.92 Å². The summed E-state index contributed by atoms with van der Waals surface area (Å²) in [5.41, 5.74) is 0. The lowest BCUT2D eigenvalue weighted by Crippen LogP contribution is -2.16. The minimum absolute atomic E-state index is 0.142. The molecular weight excluding hydrogens is 216 g/mol. The Bertz CT molecular complexity index is 259. The van der Waals surface area contributed by atoms with Gasteiger partial charge in [0.1, 0.15) is 0 Å². The SMILES string of the molecule is CCOC(=O)/C(=C/C(=O)O[SiH](C)C)OC. The molecule has 0 atom stereocenters. The summed E-state index contributed by atoms with van der Waals surface area (Å²) in [6, 6.07) is 0. The quantitative estimate of drug-likeness (QED) is 0.301. The van der Waals surface area contributed by atoms with Crippen molar-refractivity contribution in [2.45, 2.75) is 20.0 Å². The first kappa shape index (κ1) is 13.7. The summed E-state index contributed by atoms with van der Waals surface area (Å²) in [5, 5.41) is 0. The zero-order valence-electron chi connectivity index (χ0n) is 9.40. The smallest absolute Gasteiger partial charge is 0.373 e. The first-order valence-electron chi connectivity index (χ1n) is 4.64. The second kappa shape index (κ2) is 7.05. The van der Waals surface area contributed by atoms with Gasteiger partial charge in [-0.05, 0) is 20.0 Å². The number of hydrogen-bond acceptors (Lipinski definition) is 5. The van der Waals surface area contributed by atoms with E-state index in [2.05, 4.69) is 4.74 Å². The van der Waals surface area contributed by atoms with Crippen LogP contribution in [0.15, 0.2) is 11.8 Å². The number of hydrogen-bond donors (Lipinski definition) is 0. The van der Waals surface area contributed by atoms with E-state index in [4.69, 9.17) is 9.16 Å². The molecular formula is C9H16O5Si. The molecule has 0 N–H and O–H groups in total. The molecule has 0 spiro atoms. The van der Waals surface area contributed by atoms with Crippen molar-refractivity contribution in [1.29, 1.82) is 0 Å². The lowest BCUT2D eigenvalue weighted by molar-refractivity contribution is -0.143. The summed E-state index contributed by atoms with van der Waals surface area (Å²) in [4.78, 5) is 22.4. The van der Waals surface area contributed by atoms with E-state index in [1.165, 1.54) is 7.11 Å². The lowest BCUT2D eigenvalue weighted by Gasteiger charge is -2.07. The molecule has 0 saturated heterocycles. The molecule has 0 unspecified atom stereocenters. The number of esters is 1. The van der Waals surface area contributed by atoms with Crippen LogP contribution in [0.3, 0.4) is 0 Å². The Morgan fingerprint density at radius 2 is 1.93 bits per heavy atom. The zero-order chi connectivity index (χ0) is 11.8. The number of rotatable bonds is 5. The summed E-state index contributed by atoms with van der Waals surface area (Å²) in [7, 11) is -0.153. The minimum Gasteiger partial charge on any atom is -0.519 e. The van der Waals surface area contributed by atoms with Crippen molar-refractivity contribution in [3.8, 4) is 0 Å². The highest BCUT2D eigenvalue weighted by atomic mass is 28.3. The maximum absolute atomic E-state index is 11.2. The van der Waals surface area contributed by atoms with Gasteiger partial charge in [0.05, 0.1) is 19.8 Å². The van der Waals surface area contributed by atoms with Gasteiger partial charge < -0.3 is 13.9 Å². The van der Waals surface area contributed by atoms with Gasteiger partial charge in [-0.15, -0.1) is 0 Å².